The summed E-state index contributed by atoms with van der Waals surface area (Å²) < 4.78 is 14.4. The van der Waals surface area contributed by atoms with E-state index in [9.17, 15) is 14.0 Å². The minimum absolute atomic E-state index is 0.0703. The number of hydrogen-bond donors (Lipinski definition) is 2. The average Bonchev–Trinajstić information content (AvgIpc) is 2.85. The second kappa shape index (κ2) is 10.3. The standard InChI is InChI=1S/C26H22ClFN4O2/c1-17(19-9-13-22(14-10-19)31-25(33)20-7-11-21(28)12-8-20)30-23-15-29-32(26(34)24(23)27)16-18-5-3-2-4-6-18/h2-15,17,30H,16H2,1H3,(H,31,33). The molecule has 1 unspecified atom stereocenters. The number of anilines is 2. The van der Waals surface area contributed by atoms with E-state index in [2.05, 4.69) is 15.7 Å². The Morgan fingerprint density at radius 1 is 1.03 bits per heavy atom. The van der Waals surface area contributed by atoms with E-state index < -0.39 is 5.82 Å². The number of nitrogens with one attached hydrogen (secondary N) is 2. The van der Waals surface area contributed by atoms with Crippen molar-refractivity contribution in [2.45, 2.75) is 19.5 Å². The van der Waals surface area contributed by atoms with Crippen LogP contribution in [0.1, 0.15) is 34.5 Å². The number of amides is 1. The summed E-state index contributed by atoms with van der Waals surface area (Å²) >= 11 is 6.34. The van der Waals surface area contributed by atoms with Gasteiger partial charge in [0, 0.05) is 17.3 Å². The number of carbonyl (C=O) groups excluding carboxylic acids is 1. The predicted molar refractivity (Wildman–Crippen MR) is 132 cm³/mol. The van der Waals surface area contributed by atoms with Crippen LogP contribution >= 0.6 is 11.6 Å². The molecule has 0 saturated carbocycles. The maximum atomic E-state index is 13.0. The molecule has 0 fully saturated rings. The van der Waals surface area contributed by atoms with Crippen LogP contribution in [0.4, 0.5) is 15.8 Å². The lowest BCUT2D eigenvalue weighted by Gasteiger charge is -2.17. The van der Waals surface area contributed by atoms with E-state index in [1.165, 1.54) is 28.9 Å². The van der Waals surface area contributed by atoms with Gasteiger partial charge in [0.2, 0.25) is 0 Å². The maximum Gasteiger partial charge on any atom is 0.287 e. The molecule has 0 saturated heterocycles. The first-order chi connectivity index (χ1) is 16.4. The SMILES string of the molecule is CC(Nc1cnn(Cc2ccccc2)c(=O)c1Cl)c1ccc(NC(=O)c2ccc(F)cc2)cc1. The normalized spacial score (nSPS) is 11.6. The molecule has 0 radical (unpaired) electrons. The van der Waals surface area contributed by atoms with Gasteiger partial charge in [-0.1, -0.05) is 54.1 Å². The van der Waals surface area contributed by atoms with Gasteiger partial charge in [-0.2, -0.15) is 5.10 Å². The van der Waals surface area contributed by atoms with Crippen molar-refractivity contribution in [1.82, 2.24) is 9.78 Å². The molecule has 0 spiro atoms. The van der Waals surface area contributed by atoms with Crippen molar-refractivity contribution in [2.75, 3.05) is 10.6 Å². The summed E-state index contributed by atoms with van der Waals surface area (Å²) in [6, 6.07) is 22.0. The summed E-state index contributed by atoms with van der Waals surface area (Å²) in [5, 5.41) is 10.3. The lowest BCUT2D eigenvalue weighted by Crippen LogP contribution is -2.25. The molecule has 8 heteroatoms. The molecule has 6 nitrogen and oxygen atoms in total. The molecule has 0 aliphatic carbocycles. The number of aromatic nitrogens is 2. The zero-order valence-corrected chi connectivity index (χ0v) is 19.1. The monoisotopic (exact) mass is 476 g/mol. The Bertz CT molecular complexity index is 1340. The molecule has 2 N–H and O–H groups in total. The Morgan fingerprint density at radius 2 is 1.71 bits per heavy atom. The zero-order chi connectivity index (χ0) is 24.1. The fourth-order valence-electron chi connectivity index (χ4n) is 3.41. The third-order valence-corrected chi connectivity index (χ3v) is 5.67. The highest BCUT2D eigenvalue weighted by molar-refractivity contribution is 6.32. The van der Waals surface area contributed by atoms with Crippen molar-refractivity contribution in [2.24, 2.45) is 0 Å². The molecule has 4 rings (SSSR count). The van der Waals surface area contributed by atoms with Crippen molar-refractivity contribution in [3.05, 3.63) is 123 Å². The van der Waals surface area contributed by atoms with E-state index in [0.29, 0.717) is 23.5 Å². The van der Waals surface area contributed by atoms with E-state index >= 15 is 0 Å². The topological polar surface area (TPSA) is 76.0 Å². The summed E-state index contributed by atoms with van der Waals surface area (Å²) in [4.78, 5) is 25.0. The Hall–Kier alpha value is -3.97. The quantitative estimate of drug-likeness (QED) is 0.369. The molecule has 0 bridgehead atoms. The molecular formula is C26H22ClFN4O2. The lowest BCUT2D eigenvalue weighted by atomic mass is 10.1. The largest absolute Gasteiger partial charge is 0.376 e. The molecule has 1 heterocycles. The van der Waals surface area contributed by atoms with E-state index in [-0.39, 0.29) is 22.5 Å². The number of carbonyl (C=O) groups is 1. The van der Waals surface area contributed by atoms with Gasteiger partial charge in [0.1, 0.15) is 10.8 Å². The van der Waals surface area contributed by atoms with Gasteiger partial charge in [-0.15, -0.1) is 0 Å². The number of nitrogens with zero attached hydrogens (tertiary/aromatic N) is 2. The van der Waals surface area contributed by atoms with Gasteiger partial charge in [-0.3, -0.25) is 9.59 Å². The van der Waals surface area contributed by atoms with Crippen molar-refractivity contribution >= 4 is 28.9 Å². The van der Waals surface area contributed by atoms with Crippen LogP contribution in [0.25, 0.3) is 0 Å². The van der Waals surface area contributed by atoms with E-state index in [1.807, 2.05) is 49.4 Å². The lowest BCUT2D eigenvalue weighted by molar-refractivity contribution is 0.102. The molecule has 1 atom stereocenters. The summed E-state index contributed by atoms with van der Waals surface area (Å²) in [7, 11) is 0. The van der Waals surface area contributed by atoms with Gasteiger partial charge in [-0.25, -0.2) is 9.07 Å². The van der Waals surface area contributed by atoms with Gasteiger partial charge < -0.3 is 10.6 Å². The third kappa shape index (κ3) is 5.50. The highest BCUT2D eigenvalue weighted by Gasteiger charge is 2.14. The second-order valence-electron chi connectivity index (χ2n) is 7.77. The Morgan fingerprint density at radius 3 is 2.38 bits per heavy atom. The van der Waals surface area contributed by atoms with Crippen LogP contribution in [0.2, 0.25) is 5.02 Å². The predicted octanol–water partition coefficient (Wildman–Crippen LogP) is 5.51. The number of hydrogen-bond acceptors (Lipinski definition) is 4. The Kier molecular flexibility index (Phi) is 7.04. The summed E-state index contributed by atoms with van der Waals surface area (Å²) in [6.07, 6.45) is 1.54. The third-order valence-electron chi connectivity index (χ3n) is 5.31. The van der Waals surface area contributed by atoms with Gasteiger partial charge in [0.25, 0.3) is 11.5 Å². The highest BCUT2D eigenvalue weighted by atomic mass is 35.5. The summed E-state index contributed by atoms with van der Waals surface area (Å²) in [5.74, 6) is -0.723. The molecular weight excluding hydrogens is 455 g/mol. The molecule has 0 aliphatic heterocycles. The van der Waals surface area contributed by atoms with Crippen LogP contribution in [-0.2, 0) is 6.54 Å². The molecule has 1 amide bonds. The van der Waals surface area contributed by atoms with Crippen molar-refractivity contribution < 1.29 is 9.18 Å². The van der Waals surface area contributed by atoms with Crippen molar-refractivity contribution in [3.63, 3.8) is 0 Å². The first-order valence-electron chi connectivity index (χ1n) is 10.6. The fourth-order valence-corrected chi connectivity index (χ4v) is 3.61. The minimum atomic E-state index is -0.397. The van der Waals surface area contributed by atoms with Crippen LogP contribution in [0.5, 0.6) is 0 Å². The van der Waals surface area contributed by atoms with E-state index in [1.54, 1.807) is 18.3 Å². The molecule has 4 aromatic rings. The van der Waals surface area contributed by atoms with Crippen LogP contribution in [0.15, 0.2) is 89.9 Å². The van der Waals surface area contributed by atoms with Gasteiger partial charge in [0.05, 0.1) is 18.4 Å². The molecule has 3 aromatic carbocycles. The molecule has 34 heavy (non-hydrogen) atoms. The Balaban J connectivity index is 1.42. The first-order valence-corrected chi connectivity index (χ1v) is 11.0. The van der Waals surface area contributed by atoms with E-state index in [0.717, 1.165) is 11.1 Å². The first kappa shape index (κ1) is 23.2. The van der Waals surface area contributed by atoms with Gasteiger partial charge in [-0.05, 0) is 54.4 Å². The van der Waals surface area contributed by atoms with Crippen LogP contribution in [0.3, 0.4) is 0 Å². The van der Waals surface area contributed by atoms with Crippen molar-refractivity contribution in [3.8, 4) is 0 Å². The summed E-state index contributed by atoms with van der Waals surface area (Å²) in [6.45, 7) is 2.26. The Labute approximate surface area is 201 Å². The summed E-state index contributed by atoms with van der Waals surface area (Å²) in [5.41, 5.74) is 2.91. The zero-order valence-electron chi connectivity index (χ0n) is 18.3. The second-order valence-corrected chi connectivity index (χ2v) is 8.15. The molecule has 172 valence electrons. The minimum Gasteiger partial charge on any atom is -0.376 e. The van der Waals surface area contributed by atoms with Crippen LogP contribution in [-0.4, -0.2) is 15.7 Å². The van der Waals surface area contributed by atoms with Crippen LogP contribution in [0, 0.1) is 5.82 Å². The maximum absolute atomic E-state index is 13.0. The van der Waals surface area contributed by atoms with Crippen molar-refractivity contribution in [1.29, 1.82) is 0 Å². The average molecular weight is 477 g/mol. The van der Waals surface area contributed by atoms with Crippen LogP contribution < -0.4 is 16.2 Å². The smallest absolute Gasteiger partial charge is 0.287 e. The van der Waals surface area contributed by atoms with E-state index in [4.69, 9.17) is 11.6 Å². The van der Waals surface area contributed by atoms with Gasteiger partial charge >= 0.3 is 0 Å². The molecule has 0 aliphatic rings. The number of halogens is 2. The highest BCUT2D eigenvalue weighted by Crippen LogP contribution is 2.24. The number of benzene rings is 3. The molecule has 1 aromatic heterocycles. The van der Waals surface area contributed by atoms with Gasteiger partial charge in [0.15, 0.2) is 0 Å². The number of rotatable bonds is 7. The fraction of sp³-hybridized carbons (Fsp3) is 0.115.